The number of unbranched alkanes of at least 4 members (excludes halogenated alkanes) is 37. The molecule has 6 heteroatoms. The lowest BCUT2D eigenvalue weighted by Crippen LogP contribution is -2.45. The van der Waals surface area contributed by atoms with Gasteiger partial charge in [0.1, 0.15) is 0 Å². The van der Waals surface area contributed by atoms with Crippen LogP contribution in [0, 0.1) is 0 Å². The van der Waals surface area contributed by atoms with Crippen molar-refractivity contribution < 1.29 is 24.5 Å². The van der Waals surface area contributed by atoms with Crippen molar-refractivity contribution in [3.8, 4) is 0 Å². The predicted molar refractivity (Wildman–Crippen MR) is 264 cm³/mol. The molecule has 0 aromatic rings. The smallest absolute Gasteiger partial charge is 0.305 e. The molecular weight excluding hydrogens is 755 g/mol. The molecule has 0 aliphatic heterocycles. The fourth-order valence-corrected chi connectivity index (χ4v) is 8.27. The minimum absolute atomic E-state index is 0.00370. The third-order valence-electron chi connectivity index (χ3n) is 12.5. The van der Waals surface area contributed by atoms with Crippen molar-refractivity contribution in [3.63, 3.8) is 0 Å². The molecule has 3 N–H and O–H groups in total. The van der Waals surface area contributed by atoms with Crippen molar-refractivity contribution in [2.24, 2.45) is 0 Å². The summed E-state index contributed by atoms with van der Waals surface area (Å²) >= 11 is 0. The van der Waals surface area contributed by atoms with E-state index in [0.717, 1.165) is 44.9 Å². The molecule has 0 fully saturated rings. The fourth-order valence-electron chi connectivity index (χ4n) is 8.27. The van der Waals surface area contributed by atoms with Gasteiger partial charge in [-0.3, -0.25) is 9.59 Å². The average molecular weight is 860 g/mol. The molecule has 0 bridgehead atoms. The van der Waals surface area contributed by atoms with Gasteiger partial charge in [-0.15, -0.1) is 0 Å². The summed E-state index contributed by atoms with van der Waals surface area (Å²) < 4.78 is 5.47. The van der Waals surface area contributed by atoms with Gasteiger partial charge in [0.15, 0.2) is 0 Å². The third kappa shape index (κ3) is 47.7. The Kier molecular flexibility index (Phi) is 49.6. The van der Waals surface area contributed by atoms with Crippen molar-refractivity contribution in [2.75, 3.05) is 13.2 Å². The summed E-state index contributed by atoms with van der Waals surface area (Å²) in [6.07, 6.45) is 60.4. The first-order valence-corrected chi connectivity index (χ1v) is 27.1. The van der Waals surface area contributed by atoms with E-state index in [1.165, 1.54) is 218 Å². The summed E-state index contributed by atoms with van der Waals surface area (Å²) in [6, 6.07) is -0.630. The number of esters is 1. The average Bonchev–Trinajstić information content (AvgIpc) is 3.26. The number of amides is 1. The molecule has 1 amide bonds. The first-order chi connectivity index (χ1) is 30.0. The number of carbonyl (C=O) groups is 2. The van der Waals surface area contributed by atoms with E-state index in [4.69, 9.17) is 4.74 Å². The maximum atomic E-state index is 12.4. The lowest BCUT2D eigenvalue weighted by Gasteiger charge is -2.20. The van der Waals surface area contributed by atoms with Gasteiger partial charge in [-0.1, -0.05) is 244 Å². The van der Waals surface area contributed by atoms with Crippen LogP contribution in [0.25, 0.3) is 0 Å². The molecule has 0 radical (unpaired) electrons. The van der Waals surface area contributed by atoms with Crippen LogP contribution in [-0.4, -0.2) is 47.4 Å². The monoisotopic (exact) mass is 860 g/mol. The second-order valence-corrected chi connectivity index (χ2v) is 18.6. The van der Waals surface area contributed by atoms with Gasteiger partial charge in [0.2, 0.25) is 5.91 Å². The molecule has 2 atom stereocenters. The Morgan fingerprint density at radius 3 is 1.16 bits per heavy atom. The first-order valence-electron chi connectivity index (χ1n) is 27.1. The van der Waals surface area contributed by atoms with Crippen molar-refractivity contribution >= 4 is 11.9 Å². The molecular formula is C55H105NO5. The van der Waals surface area contributed by atoms with Gasteiger partial charge < -0.3 is 20.3 Å². The fraction of sp³-hybridized carbons (Fsp3) is 0.891. The minimum atomic E-state index is -0.846. The van der Waals surface area contributed by atoms with Gasteiger partial charge in [-0.2, -0.15) is 0 Å². The number of nitrogens with one attached hydrogen (secondary N) is 1. The summed E-state index contributed by atoms with van der Waals surface area (Å²) in [5.74, 6) is -0.0777. The van der Waals surface area contributed by atoms with E-state index >= 15 is 0 Å². The second-order valence-electron chi connectivity index (χ2n) is 18.6. The van der Waals surface area contributed by atoms with Crippen molar-refractivity contribution in [1.29, 1.82) is 0 Å². The first kappa shape index (κ1) is 59.3. The molecule has 0 saturated heterocycles. The molecule has 0 aliphatic carbocycles. The van der Waals surface area contributed by atoms with E-state index in [0.29, 0.717) is 19.4 Å². The summed E-state index contributed by atoms with van der Waals surface area (Å²) in [5.41, 5.74) is 0. The van der Waals surface area contributed by atoms with Crippen LogP contribution in [-0.2, 0) is 14.3 Å². The van der Waals surface area contributed by atoms with E-state index in [9.17, 15) is 19.8 Å². The van der Waals surface area contributed by atoms with Crippen LogP contribution >= 0.6 is 0 Å². The van der Waals surface area contributed by atoms with Crippen molar-refractivity contribution in [1.82, 2.24) is 5.32 Å². The maximum Gasteiger partial charge on any atom is 0.305 e. The van der Waals surface area contributed by atoms with Crippen molar-refractivity contribution in [3.05, 3.63) is 24.3 Å². The third-order valence-corrected chi connectivity index (χ3v) is 12.5. The highest BCUT2D eigenvalue weighted by Gasteiger charge is 2.18. The zero-order chi connectivity index (χ0) is 44.4. The Bertz CT molecular complexity index is 951. The topological polar surface area (TPSA) is 95.9 Å². The Balaban J connectivity index is 3.43. The van der Waals surface area contributed by atoms with Crippen LogP contribution < -0.4 is 5.32 Å². The van der Waals surface area contributed by atoms with Crippen LogP contribution in [0.3, 0.4) is 0 Å². The van der Waals surface area contributed by atoms with Gasteiger partial charge in [-0.25, -0.2) is 0 Å². The highest BCUT2D eigenvalue weighted by Crippen LogP contribution is 2.16. The molecule has 0 rings (SSSR count). The highest BCUT2D eigenvalue weighted by atomic mass is 16.5. The Labute approximate surface area is 380 Å². The lowest BCUT2D eigenvalue weighted by molar-refractivity contribution is -0.143. The van der Waals surface area contributed by atoms with Crippen LogP contribution in [0.1, 0.15) is 290 Å². The summed E-state index contributed by atoms with van der Waals surface area (Å²) in [5, 5.41) is 23.0. The molecule has 6 nitrogen and oxygen atoms in total. The van der Waals surface area contributed by atoms with E-state index in [2.05, 4.69) is 31.3 Å². The minimum Gasteiger partial charge on any atom is -0.466 e. The van der Waals surface area contributed by atoms with Gasteiger partial charge in [0, 0.05) is 12.8 Å². The summed E-state index contributed by atoms with van der Waals surface area (Å²) in [7, 11) is 0. The summed E-state index contributed by atoms with van der Waals surface area (Å²) in [4.78, 5) is 24.4. The predicted octanol–water partition coefficient (Wildman–Crippen LogP) is 16.3. The van der Waals surface area contributed by atoms with Gasteiger partial charge in [0.05, 0.1) is 25.4 Å². The number of ether oxygens (including phenoxy) is 1. The highest BCUT2D eigenvalue weighted by molar-refractivity contribution is 5.76. The number of rotatable bonds is 50. The van der Waals surface area contributed by atoms with Crippen LogP contribution in [0.4, 0.5) is 0 Å². The van der Waals surface area contributed by atoms with Crippen LogP contribution in [0.15, 0.2) is 24.3 Å². The largest absolute Gasteiger partial charge is 0.466 e. The molecule has 360 valence electrons. The number of hydrogen-bond acceptors (Lipinski definition) is 5. The Morgan fingerprint density at radius 1 is 0.443 bits per heavy atom. The lowest BCUT2D eigenvalue weighted by atomic mass is 10.0. The Morgan fingerprint density at radius 2 is 0.770 bits per heavy atom. The SMILES string of the molecule is CCCCCCCC/C=C\CCCCCCCC(=O)OCCCCCCCCCCCCCCCCCCCC(=O)NC(CO)C(O)/C=C/CCCCCCCCCCCC. The van der Waals surface area contributed by atoms with Crippen molar-refractivity contribution in [2.45, 2.75) is 302 Å². The van der Waals surface area contributed by atoms with E-state index in [1.54, 1.807) is 6.08 Å². The zero-order valence-corrected chi connectivity index (χ0v) is 40.9. The number of allylic oxidation sites excluding steroid dienone is 3. The second kappa shape index (κ2) is 51.0. The molecule has 0 aromatic carbocycles. The van der Waals surface area contributed by atoms with E-state index < -0.39 is 12.1 Å². The molecule has 61 heavy (non-hydrogen) atoms. The quantitative estimate of drug-likeness (QED) is 0.0322. The molecule has 0 aromatic heterocycles. The standard InChI is InChI=1S/C55H105NO5/c1-3-5-7-9-11-13-15-17-21-25-29-33-37-41-45-49-55(60)61-50-46-42-38-34-30-26-23-20-18-19-22-24-28-32-36-40-44-48-54(59)56-52(51-57)53(58)47-43-39-35-31-27-16-14-12-10-8-6-4-2/h17,21,43,47,52-53,57-58H,3-16,18-20,22-42,44-46,48-51H2,1-2H3,(H,56,59)/b21-17-,47-43+. The van der Waals surface area contributed by atoms with Gasteiger partial charge in [-0.05, 0) is 57.8 Å². The molecule has 0 saturated carbocycles. The van der Waals surface area contributed by atoms with E-state index in [-0.39, 0.29) is 18.5 Å². The van der Waals surface area contributed by atoms with E-state index in [1.807, 2.05) is 6.08 Å². The number of carbonyl (C=O) groups excluding carboxylic acids is 2. The van der Waals surface area contributed by atoms with Crippen LogP contribution in [0.2, 0.25) is 0 Å². The number of aliphatic hydroxyl groups excluding tert-OH is 2. The Hall–Kier alpha value is -1.66. The van der Waals surface area contributed by atoms with Gasteiger partial charge in [0.25, 0.3) is 0 Å². The molecule has 0 spiro atoms. The number of hydrogen-bond donors (Lipinski definition) is 3. The van der Waals surface area contributed by atoms with Crippen LogP contribution in [0.5, 0.6) is 0 Å². The van der Waals surface area contributed by atoms with Gasteiger partial charge >= 0.3 is 5.97 Å². The molecule has 2 unspecified atom stereocenters. The molecule has 0 heterocycles. The maximum absolute atomic E-state index is 12.4. The molecule has 0 aliphatic rings. The summed E-state index contributed by atoms with van der Waals surface area (Å²) in [6.45, 7) is 4.88. The zero-order valence-electron chi connectivity index (χ0n) is 40.9. The normalized spacial score (nSPS) is 12.8. The number of aliphatic hydroxyl groups is 2.